The molecule has 1 aromatic carbocycles. The molecule has 0 bridgehead atoms. The van der Waals surface area contributed by atoms with Crippen LogP contribution < -0.4 is 4.74 Å². The Morgan fingerprint density at radius 1 is 1.45 bits per heavy atom. The molecule has 1 aliphatic rings. The van der Waals surface area contributed by atoms with E-state index in [1.807, 2.05) is 31.2 Å². The SMILES string of the molecule is CCCn1nnnc1COC(=O)C1COc2ccccc2C1. The second kappa shape index (κ2) is 6.55. The highest BCUT2D eigenvalue weighted by atomic mass is 16.5. The predicted molar refractivity (Wildman–Crippen MR) is 77.0 cm³/mol. The van der Waals surface area contributed by atoms with Crippen LogP contribution in [0.25, 0.3) is 0 Å². The van der Waals surface area contributed by atoms with Crippen LogP contribution >= 0.6 is 0 Å². The van der Waals surface area contributed by atoms with Gasteiger partial charge in [-0.3, -0.25) is 4.79 Å². The minimum Gasteiger partial charge on any atom is -0.492 e. The molecule has 0 saturated heterocycles. The summed E-state index contributed by atoms with van der Waals surface area (Å²) in [4.78, 5) is 12.2. The molecule has 1 aromatic heterocycles. The number of nitrogens with zero attached hydrogens (tertiary/aromatic N) is 4. The molecular formula is C15H18N4O3. The zero-order chi connectivity index (χ0) is 15.4. The maximum Gasteiger partial charge on any atom is 0.313 e. The van der Waals surface area contributed by atoms with Gasteiger partial charge in [0, 0.05) is 6.54 Å². The van der Waals surface area contributed by atoms with E-state index in [1.165, 1.54) is 0 Å². The van der Waals surface area contributed by atoms with Crippen molar-refractivity contribution in [3.63, 3.8) is 0 Å². The molecule has 2 aromatic rings. The van der Waals surface area contributed by atoms with Crippen molar-refractivity contribution in [1.29, 1.82) is 0 Å². The van der Waals surface area contributed by atoms with E-state index < -0.39 is 0 Å². The summed E-state index contributed by atoms with van der Waals surface area (Å²) in [5.41, 5.74) is 1.03. The monoisotopic (exact) mass is 302 g/mol. The van der Waals surface area contributed by atoms with Crippen LogP contribution in [0.3, 0.4) is 0 Å². The lowest BCUT2D eigenvalue weighted by molar-refractivity contribution is -0.151. The molecule has 0 fully saturated rings. The summed E-state index contributed by atoms with van der Waals surface area (Å²) in [5, 5.41) is 11.4. The third-order valence-electron chi connectivity index (χ3n) is 3.60. The molecule has 1 unspecified atom stereocenters. The van der Waals surface area contributed by atoms with E-state index in [-0.39, 0.29) is 18.5 Å². The number of hydrogen-bond acceptors (Lipinski definition) is 6. The van der Waals surface area contributed by atoms with Crippen LogP contribution in [0.1, 0.15) is 24.7 Å². The number of para-hydroxylation sites is 1. The van der Waals surface area contributed by atoms with Gasteiger partial charge in [0.2, 0.25) is 0 Å². The first-order valence-corrected chi connectivity index (χ1v) is 7.40. The lowest BCUT2D eigenvalue weighted by Crippen LogP contribution is -2.30. The normalized spacial score (nSPS) is 16.7. The second-order valence-corrected chi connectivity index (χ2v) is 5.25. The number of rotatable bonds is 5. The van der Waals surface area contributed by atoms with Crippen LogP contribution in [0.5, 0.6) is 5.75 Å². The van der Waals surface area contributed by atoms with E-state index in [4.69, 9.17) is 9.47 Å². The van der Waals surface area contributed by atoms with Crippen LogP contribution in [0.4, 0.5) is 0 Å². The zero-order valence-corrected chi connectivity index (χ0v) is 12.4. The van der Waals surface area contributed by atoms with Crippen LogP contribution in [-0.2, 0) is 29.1 Å². The highest BCUT2D eigenvalue weighted by Crippen LogP contribution is 2.27. The van der Waals surface area contributed by atoms with Crippen LogP contribution in [0, 0.1) is 5.92 Å². The molecule has 7 nitrogen and oxygen atoms in total. The van der Waals surface area contributed by atoms with Crippen molar-refractivity contribution in [3.05, 3.63) is 35.7 Å². The number of ether oxygens (including phenoxy) is 2. The molecule has 0 amide bonds. The van der Waals surface area contributed by atoms with Gasteiger partial charge in [-0.25, -0.2) is 4.68 Å². The van der Waals surface area contributed by atoms with Crippen LogP contribution in [-0.4, -0.2) is 32.8 Å². The quantitative estimate of drug-likeness (QED) is 0.776. The van der Waals surface area contributed by atoms with Gasteiger partial charge in [-0.15, -0.1) is 5.10 Å². The summed E-state index contributed by atoms with van der Waals surface area (Å²) >= 11 is 0. The van der Waals surface area contributed by atoms with E-state index in [9.17, 15) is 4.79 Å². The Morgan fingerprint density at radius 3 is 3.18 bits per heavy atom. The van der Waals surface area contributed by atoms with Crippen molar-refractivity contribution in [2.75, 3.05) is 6.61 Å². The average molecular weight is 302 g/mol. The maximum atomic E-state index is 12.2. The number of carbonyl (C=O) groups excluding carboxylic acids is 1. The van der Waals surface area contributed by atoms with Gasteiger partial charge in [0.15, 0.2) is 12.4 Å². The second-order valence-electron chi connectivity index (χ2n) is 5.25. The number of aromatic nitrogens is 4. The summed E-state index contributed by atoms with van der Waals surface area (Å²) in [6.07, 6.45) is 1.55. The topological polar surface area (TPSA) is 79.1 Å². The molecule has 3 rings (SSSR count). The Bertz CT molecular complexity index is 656. The van der Waals surface area contributed by atoms with Crippen molar-refractivity contribution < 1.29 is 14.3 Å². The summed E-state index contributed by atoms with van der Waals surface area (Å²) < 4.78 is 12.6. The van der Waals surface area contributed by atoms with Crippen LogP contribution in [0.15, 0.2) is 24.3 Å². The molecule has 22 heavy (non-hydrogen) atoms. The Labute approximate surface area is 128 Å². The maximum absolute atomic E-state index is 12.2. The van der Waals surface area contributed by atoms with E-state index in [1.54, 1.807) is 4.68 Å². The Hall–Kier alpha value is -2.44. The summed E-state index contributed by atoms with van der Waals surface area (Å²) in [5.74, 6) is 0.844. The number of carbonyl (C=O) groups is 1. The van der Waals surface area contributed by atoms with Gasteiger partial charge in [-0.2, -0.15) is 0 Å². The molecule has 1 aliphatic heterocycles. The van der Waals surface area contributed by atoms with Gasteiger partial charge in [0.05, 0.1) is 5.92 Å². The molecule has 116 valence electrons. The minimum atomic E-state index is -0.287. The number of aryl methyl sites for hydroxylation is 1. The van der Waals surface area contributed by atoms with Crippen molar-refractivity contribution in [1.82, 2.24) is 20.2 Å². The Morgan fingerprint density at radius 2 is 2.32 bits per heavy atom. The van der Waals surface area contributed by atoms with Gasteiger partial charge < -0.3 is 9.47 Å². The lowest BCUT2D eigenvalue weighted by Gasteiger charge is -2.23. The first-order chi connectivity index (χ1) is 10.8. The number of benzene rings is 1. The van der Waals surface area contributed by atoms with Gasteiger partial charge in [0.25, 0.3) is 0 Å². The standard InChI is InChI=1S/C15H18N4O3/c1-2-7-19-14(16-17-18-19)10-22-15(20)12-8-11-5-3-4-6-13(11)21-9-12/h3-6,12H,2,7-10H2,1H3. The highest BCUT2D eigenvalue weighted by Gasteiger charge is 2.27. The largest absolute Gasteiger partial charge is 0.492 e. The van der Waals surface area contributed by atoms with Crippen molar-refractivity contribution >= 4 is 5.97 Å². The first-order valence-electron chi connectivity index (χ1n) is 7.40. The molecule has 0 saturated carbocycles. The van der Waals surface area contributed by atoms with Gasteiger partial charge in [0.1, 0.15) is 12.4 Å². The first kappa shape index (κ1) is 14.5. The third kappa shape index (κ3) is 3.08. The van der Waals surface area contributed by atoms with E-state index in [0.29, 0.717) is 25.4 Å². The molecule has 2 heterocycles. The summed E-state index contributed by atoms with van der Waals surface area (Å²) in [6, 6.07) is 7.74. The molecule has 7 heteroatoms. The van der Waals surface area contributed by atoms with Gasteiger partial charge in [-0.05, 0) is 34.9 Å². The number of fused-ring (bicyclic) bond motifs is 1. The molecule has 0 aliphatic carbocycles. The van der Waals surface area contributed by atoms with Crippen LogP contribution in [0.2, 0.25) is 0 Å². The number of hydrogen-bond donors (Lipinski definition) is 0. The van der Waals surface area contributed by atoms with E-state index >= 15 is 0 Å². The van der Waals surface area contributed by atoms with Gasteiger partial charge >= 0.3 is 5.97 Å². The van der Waals surface area contributed by atoms with Crippen molar-refractivity contribution in [2.45, 2.75) is 32.9 Å². The van der Waals surface area contributed by atoms with E-state index in [0.717, 1.165) is 17.7 Å². The molecule has 0 N–H and O–H groups in total. The third-order valence-corrected chi connectivity index (χ3v) is 3.60. The Balaban J connectivity index is 1.58. The zero-order valence-electron chi connectivity index (χ0n) is 12.4. The minimum absolute atomic E-state index is 0.0873. The number of esters is 1. The smallest absolute Gasteiger partial charge is 0.313 e. The lowest BCUT2D eigenvalue weighted by atomic mass is 9.97. The highest BCUT2D eigenvalue weighted by molar-refractivity contribution is 5.73. The van der Waals surface area contributed by atoms with Crippen molar-refractivity contribution in [3.8, 4) is 5.75 Å². The van der Waals surface area contributed by atoms with Gasteiger partial charge in [-0.1, -0.05) is 25.1 Å². The molecule has 0 spiro atoms. The fourth-order valence-electron chi connectivity index (χ4n) is 2.45. The summed E-state index contributed by atoms with van der Waals surface area (Å²) in [6.45, 7) is 3.17. The predicted octanol–water partition coefficient (Wildman–Crippen LogP) is 1.38. The fourth-order valence-corrected chi connectivity index (χ4v) is 2.45. The number of tetrazole rings is 1. The molecule has 1 atom stereocenters. The molecular weight excluding hydrogens is 284 g/mol. The molecule has 0 radical (unpaired) electrons. The fraction of sp³-hybridized carbons (Fsp3) is 0.467. The summed E-state index contributed by atoms with van der Waals surface area (Å²) in [7, 11) is 0. The Kier molecular flexibility index (Phi) is 4.32. The van der Waals surface area contributed by atoms with E-state index in [2.05, 4.69) is 15.5 Å². The van der Waals surface area contributed by atoms with Crippen molar-refractivity contribution in [2.24, 2.45) is 5.92 Å². The average Bonchev–Trinajstić information content (AvgIpc) is 3.00.